The van der Waals surface area contributed by atoms with Crippen molar-refractivity contribution in [2.75, 3.05) is 0 Å². The molecule has 0 aromatic rings. The molecular formula is C14H30SiSn. The fourth-order valence-electron chi connectivity index (χ4n) is 2.32. The predicted octanol–water partition coefficient (Wildman–Crippen LogP) is 5.09. The molecule has 0 nitrogen and oxygen atoms in total. The first-order valence-corrected chi connectivity index (χ1v) is 17.9. The Morgan fingerprint density at radius 1 is 0.812 bits per heavy atom. The molecule has 0 radical (unpaired) electrons. The van der Waals surface area contributed by atoms with Gasteiger partial charge in [-0.15, -0.1) is 0 Å². The fraction of sp³-hybridized carbons (Fsp3) is 0.857. The van der Waals surface area contributed by atoms with E-state index in [2.05, 4.69) is 49.9 Å². The molecule has 2 heteroatoms. The van der Waals surface area contributed by atoms with Crippen molar-refractivity contribution in [1.29, 1.82) is 0 Å². The molecule has 0 rings (SSSR count). The summed E-state index contributed by atoms with van der Waals surface area (Å²) in [7, 11) is -1.16. The average molecular weight is 345 g/mol. The second kappa shape index (κ2) is 7.82. The summed E-state index contributed by atoms with van der Waals surface area (Å²) >= 11 is -2.03. The van der Waals surface area contributed by atoms with Gasteiger partial charge >= 0.3 is 109 Å². The Kier molecular flexibility index (Phi) is 8.10. The van der Waals surface area contributed by atoms with E-state index in [4.69, 9.17) is 0 Å². The van der Waals surface area contributed by atoms with Crippen molar-refractivity contribution in [3.8, 4) is 9.48 Å². The fourth-order valence-corrected chi connectivity index (χ4v) is 19.8. The Morgan fingerprint density at radius 2 is 1.19 bits per heavy atom. The summed E-state index contributed by atoms with van der Waals surface area (Å²) < 4.78 is 8.38. The van der Waals surface area contributed by atoms with E-state index in [1.807, 2.05) is 0 Å². The summed E-state index contributed by atoms with van der Waals surface area (Å²) in [6, 6.07) is 0. The van der Waals surface area contributed by atoms with E-state index >= 15 is 0 Å². The molecule has 16 heavy (non-hydrogen) atoms. The zero-order valence-corrected chi connectivity index (χ0v) is 16.1. The van der Waals surface area contributed by atoms with Crippen LogP contribution in [-0.2, 0) is 0 Å². The maximum absolute atomic E-state index is 3.90. The Balaban J connectivity index is 4.90. The van der Waals surface area contributed by atoms with Gasteiger partial charge in [0, 0.05) is 0 Å². The molecule has 0 spiro atoms. The summed E-state index contributed by atoms with van der Waals surface area (Å²) in [6.07, 6.45) is 4.07. The van der Waals surface area contributed by atoms with Crippen molar-refractivity contribution in [1.82, 2.24) is 0 Å². The average Bonchev–Trinajstić information content (AvgIpc) is 2.15. The van der Waals surface area contributed by atoms with E-state index in [0.717, 1.165) is 0 Å². The molecule has 0 aliphatic rings. The topological polar surface area (TPSA) is 0 Å². The minimum absolute atomic E-state index is 1.16. The van der Waals surface area contributed by atoms with Gasteiger partial charge in [0.25, 0.3) is 0 Å². The van der Waals surface area contributed by atoms with Crippen LogP contribution in [0.5, 0.6) is 0 Å². The van der Waals surface area contributed by atoms with Gasteiger partial charge in [0.2, 0.25) is 0 Å². The van der Waals surface area contributed by atoms with Gasteiger partial charge in [0.05, 0.1) is 0 Å². The van der Waals surface area contributed by atoms with Crippen molar-refractivity contribution in [3.63, 3.8) is 0 Å². The van der Waals surface area contributed by atoms with Gasteiger partial charge in [-0.1, -0.05) is 0 Å². The summed E-state index contributed by atoms with van der Waals surface area (Å²) in [5.41, 5.74) is 3.70. The van der Waals surface area contributed by atoms with Crippen molar-refractivity contribution in [3.05, 3.63) is 0 Å². The van der Waals surface area contributed by atoms with Gasteiger partial charge < -0.3 is 0 Å². The third-order valence-electron chi connectivity index (χ3n) is 2.89. The monoisotopic (exact) mass is 346 g/mol. The van der Waals surface area contributed by atoms with E-state index in [1.165, 1.54) is 32.6 Å². The molecular weight excluding hydrogens is 315 g/mol. The van der Waals surface area contributed by atoms with Crippen LogP contribution in [0.3, 0.4) is 0 Å². The SMILES string of the molecule is CC[CH2][Sn]([C]#C[Si](C)(C)C)([CH2]CC)[CH2]CC. The zero-order valence-electron chi connectivity index (χ0n) is 12.2. The Labute approximate surface area is 108 Å². The first-order valence-electron chi connectivity index (χ1n) is 6.93. The van der Waals surface area contributed by atoms with E-state index in [0.29, 0.717) is 0 Å². The Morgan fingerprint density at radius 3 is 1.44 bits per heavy atom. The Bertz CT molecular complexity index is 225. The standard InChI is InChI=1S/C5H9Si.3C3H7.Sn/c1-5-6(2,3)4;3*1-3-2;/h2-4H3;3*1,3H2,2H3;. The van der Waals surface area contributed by atoms with Crippen molar-refractivity contribution < 1.29 is 0 Å². The van der Waals surface area contributed by atoms with Crippen LogP contribution < -0.4 is 0 Å². The van der Waals surface area contributed by atoms with Crippen LogP contribution in [0.4, 0.5) is 0 Å². The summed E-state index contributed by atoms with van der Waals surface area (Å²) in [6.45, 7) is 14.1. The third-order valence-corrected chi connectivity index (χ3v) is 18.8. The van der Waals surface area contributed by atoms with Crippen LogP contribution in [0.1, 0.15) is 40.0 Å². The van der Waals surface area contributed by atoms with E-state index in [9.17, 15) is 0 Å². The molecule has 0 N–H and O–H groups in total. The van der Waals surface area contributed by atoms with E-state index in [1.54, 1.807) is 0 Å². The van der Waals surface area contributed by atoms with E-state index < -0.39 is 26.5 Å². The molecule has 0 aliphatic heterocycles. The van der Waals surface area contributed by atoms with Gasteiger partial charge in [-0.2, -0.15) is 0 Å². The number of hydrogen-bond donors (Lipinski definition) is 0. The molecule has 0 saturated carbocycles. The summed E-state index contributed by atoms with van der Waals surface area (Å²) in [5.74, 6) is 0. The maximum atomic E-state index is 3.90. The van der Waals surface area contributed by atoms with Crippen LogP contribution in [0.2, 0.25) is 33.0 Å². The number of hydrogen-bond acceptors (Lipinski definition) is 0. The van der Waals surface area contributed by atoms with Crippen molar-refractivity contribution >= 4 is 26.5 Å². The van der Waals surface area contributed by atoms with Crippen LogP contribution in [0.25, 0.3) is 0 Å². The minimum atomic E-state index is -2.03. The van der Waals surface area contributed by atoms with Crippen LogP contribution in [-0.4, -0.2) is 26.5 Å². The van der Waals surface area contributed by atoms with Crippen LogP contribution in [0.15, 0.2) is 0 Å². The van der Waals surface area contributed by atoms with Crippen LogP contribution >= 0.6 is 0 Å². The quantitative estimate of drug-likeness (QED) is 0.465. The molecule has 0 aromatic carbocycles. The Hall–Kier alpha value is 0.576. The first kappa shape index (κ1) is 16.6. The molecule has 94 valence electrons. The molecule has 0 amide bonds. The normalized spacial score (nSPS) is 12.1. The molecule has 0 atom stereocenters. The summed E-state index contributed by atoms with van der Waals surface area (Å²) in [4.78, 5) is 0. The predicted molar refractivity (Wildman–Crippen MR) is 82.2 cm³/mol. The first-order chi connectivity index (χ1) is 7.39. The molecule has 0 unspecified atom stereocenters. The second-order valence-electron chi connectivity index (χ2n) is 6.03. The van der Waals surface area contributed by atoms with Gasteiger partial charge in [-0.3, -0.25) is 0 Å². The van der Waals surface area contributed by atoms with Gasteiger partial charge in [-0.05, 0) is 0 Å². The molecule has 0 aromatic heterocycles. The van der Waals surface area contributed by atoms with E-state index in [-0.39, 0.29) is 0 Å². The molecule has 0 saturated heterocycles. The molecule has 0 bridgehead atoms. The van der Waals surface area contributed by atoms with Gasteiger partial charge in [-0.25, -0.2) is 0 Å². The van der Waals surface area contributed by atoms with Crippen LogP contribution in [0, 0.1) is 9.48 Å². The molecule has 0 fully saturated rings. The second-order valence-corrected chi connectivity index (χ2v) is 23.1. The number of rotatable bonds is 6. The third kappa shape index (κ3) is 7.01. The van der Waals surface area contributed by atoms with Gasteiger partial charge in [0.15, 0.2) is 0 Å². The summed E-state index contributed by atoms with van der Waals surface area (Å²) in [5, 5.41) is 0. The molecule has 0 heterocycles. The van der Waals surface area contributed by atoms with Gasteiger partial charge in [0.1, 0.15) is 0 Å². The molecule has 0 aliphatic carbocycles. The van der Waals surface area contributed by atoms with Crippen molar-refractivity contribution in [2.24, 2.45) is 0 Å². The van der Waals surface area contributed by atoms with Crippen molar-refractivity contribution in [2.45, 2.75) is 73.0 Å². The zero-order chi connectivity index (χ0) is 12.7.